The molecule has 1 aromatic heterocycles. The van der Waals surface area contributed by atoms with Gasteiger partial charge in [0.15, 0.2) is 5.82 Å². The largest absolute Gasteiger partial charge is 0.370 e. The number of fused-ring (bicyclic) bond motifs is 1. The molecule has 1 N–H and O–H groups in total. The van der Waals surface area contributed by atoms with Gasteiger partial charge in [-0.2, -0.15) is 11.8 Å². The summed E-state index contributed by atoms with van der Waals surface area (Å²) in [6.07, 6.45) is 0. The summed E-state index contributed by atoms with van der Waals surface area (Å²) in [7, 11) is 0. The van der Waals surface area contributed by atoms with Gasteiger partial charge in [0.2, 0.25) is 0 Å². The number of benzene rings is 1. The van der Waals surface area contributed by atoms with E-state index in [-0.39, 0.29) is 0 Å². The van der Waals surface area contributed by atoms with Crippen molar-refractivity contribution in [2.24, 2.45) is 0 Å². The standard InChI is InChI=1S/C14H13F2N3S/c1-2-17-14-11-6-20-7-12(11)18-13(19-14)8-3-9(15)5-10(16)4-8/h3-5H,2,6-7H2,1H3,(H,17,18,19). The molecule has 104 valence electrons. The summed E-state index contributed by atoms with van der Waals surface area (Å²) in [5.41, 5.74) is 2.40. The van der Waals surface area contributed by atoms with Crippen LogP contribution in [-0.4, -0.2) is 16.5 Å². The van der Waals surface area contributed by atoms with Crippen LogP contribution < -0.4 is 5.32 Å². The molecule has 3 nitrogen and oxygen atoms in total. The monoisotopic (exact) mass is 293 g/mol. The Morgan fingerprint density at radius 1 is 1.15 bits per heavy atom. The molecular formula is C14H13F2N3S. The maximum atomic E-state index is 13.3. The molecule has 2 heterocycles. The molecule has 0 saturated carbocycles. The number of anilines is 1. The van der Waals surface area contributed by atoms with Crippen LogP contribution in [0.15, 0.2) is 18.2 Å². The summed E-state index contributed by atoms with van der Waals surface area (Å²) in [5, 5.41) is 3.20. The molecule has 0 bridgehead atoms. The van der Waals surface area contributed by atoms with Gasteiger partial charge in [-0.1, -0.05) is 0 Å². The van der Waals surface area contributed by atoms with Gasteiger partial charge in [-0.15, -0.1) is 0 Å². The first-order chi connectivity index (χ1) is 9.67. The highest BCUT2D eigenvalue weighted by atomic mass is 32.2. The molecule has 0 unspecified atom stereocenters. The summed E-state index contributed by atoms with van der Waals surface area (Å²) in [6.45, 7) is 2.73. The van der Waals surface area contributed by atoms with E-state index in [9.17, 15) is 8.78 Å². The molecule has 20 heavy (non-hydrogen) atoms. The predicted octanol–water partition coefficient (Wildman–Crippen LogP) is 3.60. The minimum atomic E-state index is -0.622. The number of nitrogens with zero attached hydrogens (tertiary/aromatic N) is 2. The van der Waals surface area contributed by atoms with E-state index in [0.29, 0.717) is 11.4 Å². The van der Waals surface area contributed by atoms with Crippen molar-refractivity contribution in [3.05, 3.63) is 41.1 Å². The van der Waals surface area contributed by atoms with Gasteiger partial charge in [0.1, 0.15) is 17.5 Å². The molecule has 0 spiro atoms. The van der Waals surface area contributed by atoms with Gasteiger partial charge < -0.3 is 5.32 Å². The van der Waals surface area contributed by atoms with Gasteiger partial charge in [0.05, 0.1) is 5.69 Å². The molecular weight excluding hydrogens is 280 g/mol. The van der Waals surface area contributed by atoms with E-state index in [0.717, 1.165) is 41.2 Å². The van der Waals surface area contributed by atoms with Crippen LogP contribution in [-0.2, 0) is 11.5 Å². The second-order valence-corrected chi connectivity index (χ2v) is 5.49. The van der Waals surface area contributed by atoms with Crippen molar-refractivity contribution in [1.82, 2.24) is 9.97 Å². The highest BCUT2D eigenvalue weighted by Crippen LogP contribution is 2.34. The number of halogens is 2. The molecule has 1 aliphatic rings. The minimum Gasteiger partial charge on any atom is -0.370 e. The zero-order chi connectivity index (χ0) is 14.1. The van der Waals surface area contributed by atoms with Crippen LogP contribution in [0.3, 0.4) is 0 Å². The van der Waals surface area contributed by atoms with Crippen molar-refractivity contribution >= 4 is 17.6 Å². The Morgan fingerprint density at radius 2 is 1.90 bits per heavy atom. The number of thioether (sulfide) groups is 1. The summed E-state index contributed by atoms with van der Waals surface area (Å²) in [5.74, 6) is 1.56. The van der Waals surface area contributed by atoms with Crippen LogP contribution in [0.5, 0.6) is 0 Å². The Morgan fingerprint density at radius 3 is 2.60 bits per heavy atom. The number of rotatable bonds is 3. The van der Waals surface area contributed by atoms with E-state index in [1.165, 1.54) is 12.1 Å². The van der Waals surface area contributed by atoms with Crippen LogP contribution in [0.2, 0.25) is 0 Å². The van der Waals surface area contributed by atoms with E-state index in [1.54, 1.807) is 11.8 Å². The summed E-state index contributed by atoms with van der Waals surface area (Å²) in [4.78, 5) is 8.86. The van der Waals surface area contributed by atoms with Crippen molar-refractivity contribution in [3.63, 3.8) is 0 Å². The molecule has 0 radical (unpaired) electrons. The van der Waals surface area contributed by atoms with Crippen molar-refractivity contribution < 1.29 is 8.78 Å². The normalized spacial score (nSPS) is 13.3. The van der Waals surface area contributed by atoms with E-state index in [2.05, 4.69) is 15.3 Å². The lowest BCUT2D eigenvalue weighted by atomic mass is 10.1. The third-order valence-corrected chi connectivity index (χ3v) is 4.01. The Balaban J connectivity index is 2.12. The second kappa shape index (κ2) is 5.36. The third-order valence-electron chi connectivity index (χ3n) is 3.04. The van der Waals surface area contributed by atoms with Crippen molar-refractivity contribution in [2.75, 3.05) is 11.9 Å². The molecule has 6 heteroatoms. The number of nitrogens with one attached hydrogen (secondary N) is 1. The molecule has 0 saturated heterocycles. The maximum absolute atomic E-state index is 13.3. The predicted molar refractivity (Wildman–Crippen MR) is 76.5 cm³/mol. The fourth-order valence-electron chi connectivity index (χ4n) is 2.18. The first kappa shape index (κ1) is 13.3. The molecule has 0 fully saturated rings. The van der Waals surface area contributed by atoms with Crippen molar-refractivity contribution in [1.29, 1.82) is 0 Å². The number of aromatic nitrogens is 2. The molecule has 0 atom stereocenters. The van der Waals surface area contributed by atoms with Crippen LogP contribution in [0.25, 0.3) is 11.4 Å². The van der Waals surface area contributed by atoms with E-state index in [4.69, 9.17) is 0 Å². The topological polar surface area (TPSA) is 37.8 Å². The van der Waals surface area contributed by atoms with Gasteiger partial charge in [0, 0.05) is 35.2 Å². The lowest BCUT2D eigenvalue weighted by Crippen LogP contribution is -2.06. The van der Waals surface area contributed by atoms with E-state index >= 15 is 0 Å². The van der Waals surface area contributed by atoms with Gasteiger partial charge in [-0.3, -0.25) is 0 Å². The lowest BCUT2D eigenvalue weighted by Gasteiger charge is -2.10. The van der Waals surface area contributed by atoms with Crippen LogP contribution >= 0.6 is 11.8 Å². The maximum Gasteiger partial charge on any atom is 0.162 e. The smallest absolute Gasteiger partial charge is 0.162 e. The van der Waals surface area contributed by atoms with Gasteiger partial charge in [-0.25, -0.2) is 18.7 Å². The Hall–Kier alpha value is -1.69. The van der Waals surface area contributed by atoms with Crippen molar-refractivity contribution in [3.8, 4) is 11.4 Å². The molecule has 1 aromatic carbocycles. The molecule has 3 rings (SSSR count). The molecule has 0 aliphatic carbocycles. The number of hydrogen-bond acceptors (Lipinski definition) is 4. The highest BCUT2D eigenvalue weighted by molar-refractivity contribution is 7.98. The first-order valence-corrected chi connectivity index (χ1v) is 7.50. The SMILES string of the molecule is CCNc1nc(-c2cc(F)cc(F)c2)nc2c1CSC2. The lowest BCUT2D eigenvalue weighted by molar-refractivity contribution is 0.584. The highest BCUT2D eigenvalue weighted by Gasteiger charge is 2.20. The molecule has 1 aliphatic heterocycles. The third kappa shape index (κ3) is 2.47. The summed E-state index contributed by atoms with van der Waals surface area (Å²) < 4.78 is 26.6. The first-order valence-electron chi connectivity index (χ1n) is 6.35. The quantitative estimate of drug-likeness (QED) is 0.938. The zero-order valence-corrected chi connectivity index (χ0v) is 11.7. The van der Waals surface area contributed by atoms with Gasteiger partial charge in [-0.05, 0) is 19.1 Å². The van der Waals surface area contributed by atoms with Crippen LogP contribution in [0, 0.1) is 11.6 Å². The van der Waals surface area contributed by atoms with E-state index < -0.39 is 11.6 Å². The Bertz CT molecular complexity index is 641. The molecule has 0 amide bonds. The van der Waals surface area contributed by atoms with Gasteiger partial charge >= 0.3 is 0 Å². The summed E-state index contributed by atoms with van der Waals surface area (Å²) in [6, 6.07) is 3.35. The van der Waals surface area contributed by atoms with E-state index in [1.807, 2.05) is 6.92 Å². The second-order valence-electron chi connectivity index (χ2n) is 4.50. The fraction of sp³-hybridized carbons (Fsp3) is 0.286. The van der Waals surface area contributed by atoms with Gasteiger partial charge in [0.25, 0.3) is 0 Å². The number of hydrogen-bond donors (Lipinski definition) is 1. The zero-order valence-electron chi connectivity index (χ0n) is 10.9. The average Bonchev–Trinajstić information content (AvgIpc) is 2.86. The Kier molecular flexibility index (Phi) is 3.56. The Labute approximate surface area is 119 Å². The fourth-order valence-corrected chi connectivity index (χ4v) is 3.22. The minimum absolute atomic E-state index is 0.362. The van der Waals surface area contributed by atoms with Crippen molar-refractivity contribution in [2.45, 2.75) is 18.4 Å². The van der Waals surface area contributed by atoms with Crippen LogP contribution in [0.4, 0.5) is 14.6 Å². The summed E-state index contributed by atoms with van der Waals surface area (Å²) >= 11 is 1.76. The molecule has 2 aromatic rings. The van der Waals surface area contributed by atoms with Crippen LogP contribution in [0.1, 0.15) is 18.2 Å². The average molecular weight is 293 g/mol.